The van der Waals surface area contributed by atoms with Gasteiger partial charge in [0.2, 0.25) is 5.91 Å². The number of aromatic amines is 1. The average molecular weight is 300 g/mol. The topological polar surface area (TPSA) is 79.0 Å². The Morgan fingerprint density at radius 1 is 1.45 bits per heavy atom. The molecule has 0 bridgehead atoms. The summed E-state index contributed by atoms with van der Waals surface area (Å²) in [5.74, 6) is -0.119. The summed E-state index contributed by atoms with van der Waals surface area (Å²) in [7, 11) is 0. The second-order valence-electron chi connectivity index (χ2n) is 5.63. The maximum Gasteiger partial charge on any atom is 0.230 e. The molecular formula is C16H20N4O2. The SMILES string of the molecule is CC1=C(c2[nH]ncc2NC(=O)C2COC(C)C2)C=CC=CN1. The zero-order valence-electron chi connectivity index (χ0n) is 12.7. The summed E-state index contributed by atoms with van der Waals surface area (Å²) in [5, 5.41) is 13.2. The van der Waals surface area contributed by atoms with Crippen LogP contribution in [0.15, 0.2) is 36.3 Å². The molecule has 1 amide bonds. The van der Waals surface area contributed by atoms with Crippen LogP contribution in [0.1, 0.15) is 26.0 Å². The lowest BCUT2D eigenvalue weighted by Gasteiger charge is -2.11. The molecule has 2 atom stereocenters. The van der Waals surface area contributed by atoms with Crippen molar-refractivity contribution in [2.45, 2.75) is 26.4 Å². The molecule has 6 heteroatoms. The lowest BCUT2D eigenvalue weighted by molar-refractivity contribution is -0.119. The van der Waals surface area contributed by atoms with Gasteiger partial charge in [-0.1, -0.05) is 12.2 Å². The minimum atomic E-state index is -0.0997. The number of carbonyl (C=O) groups excluding carboxylic acids is 1. The molecule has 3 rings (SSSR count). The minimum Gasteiger partial charge on any atom is -0.378 e. The van der Waals surface area contributed by atoms with Gasteiger partial charge in [-0.3, -0.25) is 9.89 Å². The van der Waals surface area contributed by atoms with Crippen LogP contribution in [0.25, 0.3) is 5.57 Å². The Morgan fingerprint density at radius 2 is 2.32 bits per heavy atom. The fraction of sp³-hybridized carbons (Fsp3) is 0.375. The summed E-state index contributed by atoms with van der Waals surface area (Å²) in [4.78, 5) is 12.3. The van der Waals surface area contributed by atoms with Crippen molar-refractivity contribution in [3.8, 4) is 0 Å². The highest BCUT2D eigenvalue weighted by atomic mass is 16.5. The fourth-order valence-electron chi connectivity index (χ4n) is 2.67. The third-order valence-electron chi connectivity index (χ3n) is 3.91. The van der Waals surface area contributed by atoms with Gasteiger partial charge in [0.15, 0.2) is 0 Å². The first-order valence-electron chi connectivity index (χ1n) is 7.42. The highest BCUT2D eigenvalue weighted by Crippen LogP contribution is 2.27. The Bertz CT molecular complexity index is 657. The van der Waals surface area contributed by atoms with Crippen LogP contribution in [0.3, 0.4) is 0 Å². The predicted molar refractivity (Wildman–Crippen MR) is 84.7 cm³/mol. The van der Waals surface area contributed by atoms with E-state index in [2.05, 4.69) is 20.8 Å². The molecule has 1 aromatic heterocycles. The molecule has 2 unspecified atom stereocenters. The van der Waals surface area contributed by atoms with Gasteiger partial charge in [0.1, 0.15) is 0 Å². The molecule has 0 aliphatic carbocycles. The Hall–Kier alpha value is -2.34. The summed E-state index contributed by atoms with van der Waals surface area (Å²) in [5.41, 5.74) is 3.44. The Kier molecular flexibility index (Phi) is 4.11. The van der Waals surface area contributed by atoms with Crippen LogP contribution in [0.4, 0.5) is 5.69 Å². The van der Waals surface area contributed by atoms with E-state index in [1.807, 2.05) is 38.3 Å². The van der Waals surface area contributed by atoms with Crippen LogP contribution in [-0.2, 0) is 9.53 Å². The molecule has 6 nitrogen and oxygen atoms in total. The number of ether oxygens (including phenoxy) is 1. The lowest BCUT2D eigenvalue weighted by atomic mass is 10.0. The molecule has 116 valence electrons. The molecule has 3 N–H and O–H groups in total. The number of nitrogens with zero attached hydrogens (tertiary/aromatic N) is 1. The number of amides is 1. The van der Waals surface area contributed by atoms with Crippen LogP contribution >= 0.6 is 0 Å². The van der Waals surface area contributed by atoms with Gasteiger partial charge in [-0.2, -0.15) is 5.10 Å². The van der Waals surface area contributed by atoms with Crippen molar-refractivity contribution in [2.75, 3.05) is 11.9 Å². The summed E-state index contributed by atoms with van der Waals surface area (Å²) in [6, 6.07) is 0. The number of carbonyl (C=O) groups is 1. The van der Waals surface area contributed by atoms with Crippen LogP contribution < -0.4 is 10.6 Å². The first-order chi connectivity index (χ1) is 10.6. The molecular weight excluding hydrogens is 280 g/mol. The van der Waals surface area contributed by atoms with Crippen molar-refractivity contribution >= 4 is 17.2 Å². The zero-order valence-corrected chi connectivity index (χ0v) is 12.7. The zero-order chi connectivity index (χ0) is 15.5. The van der Waals surface area contributed by atoms with Gasteiger partial charge in [0.05, 0.1) is 36.2 Å². The second kappa shape index (κ2) is 6.19. The van der Waals surface area contributed by atoms with Crippen molar-refractivity contribution < 1.29 is 9.53 Å². The molecule has 0 radical (unpaired) electrons. The third kappa shape index (κ3) is 2.96. The van der Waals surface area contributed by atoms with Crippen LogP contribution in [0.2, 0.25) is 0 Å². The molecule has 0 spiro atoms. The summed E-state index contributed by atoms with van der Waals surface area (Å²) >= 11 is 0. The first-order valence-corrected chi connectivity index (χ1v) is 7.42. The Labute approximate surface area is 129 Å². The molecule has 0 saturated carbocycles. The van der Waals surface area contributed by atoms with Crippen LogP contribution in [-0.4, -0.2) is 28.8 Å². The number of hydrogen-bond donors (Lipinski definition) is 3. The van der Waals surface area contributed by atoms with Crippen molar-refractivity contribution in [2.24, 2.45) is 5.92 Å². The highest BCUT2D eigenvalue weighted by Gasteiger charge is 2.29. The van der Waals surface area contributed by atoms with E-state index < -0.39 is 0 Å². The van der Waals surface area contributed by atoms with Gasteiger partial charge in [-0.05, 0) is 26.3 Å². The van der Waals surface area contributed by atoms with Crippen molar-refractivity contribution in [1.82, 2.24) is 15.5 Å². The van der Waals surface area contributed by atoms with E-state index in [4.69, 9.17) is 4.74 Å². The molecule has 2 aliphatic rings. The molecule has 2 aliphatic heterocycles. The maximum absolute atomic E-state index is 12.3. The number of anilines is 1. The van der Waals surface area contributed by atoms with Gasteiger partial charge in [-0.25, -0.2) is 0 Å². The smallest absolute Gasteiger partial charge is 0.230 e. The Balaban J connectivity index is 1.79. The summed E-state index contributed by atoms with van der Waals surface area (Å²) < 4.78 is 5.46. The Morgan fingerprint density at radius 3 is 3.09 bits per heavy atom. The van der Waals surface area contributed by atoms with Crippen molar-refractivity contribution in [1.29, 1.82) is 0 Å². The summed E-state index contributed by atoms with van der Waals surface area (Å²) in [6.07, 6.45) is 10.2. The number of aromatic nitrogens is 2. The van der Waals surface area contributed by atoms with E-state index in [1.165, 1.54) is 0 Å². The van der Waals surface area contributed by atoms with Crippen LogP contribution in [0.5, 0.6) is 0 Å². The van der Waals surface area contributed by atoms with Gasteiger partial charge in [-0.15, -0.1) is 0 Å². The molecule has 0 aromatic carbocycles. The van der Waals surface area contributed by atoms with Gasteiger partial charge >= 0.3 is 0 Å². The van der Waals surface area contributed by atoms with Gasteiger partial charge in [0, 0.05) is 17.5 Å². The minimum absolute atomic E-state index is 0.0195. The maximum atomic E-state index is 12.3. The molecule has 1 saturated heterocycles. The first kappa shape index (κ1) is 14.6. The number of nitrogens with one attached hydrogen (secondary N) is 3. The fourth-order valence-corrected chi connectivity index (χ4v) is 2.67. The largest absolute Gasteiger partial charge is 0.378 e. The van der Waals surface area contributed by atoms with Gasteiger partial charge < -0.3 is 15.4 Å². The molecule has 1 aromatic rings. The standard InChI is InChI=1S/C16H20N4O2/c1-10-7-12(9-22-10)16(21)19-14-8-18-20-15(14)13-5-3-4-6-17-11(13)2/h3-6,8,10,12,17H,7,9H2,1-2H3,(H,18,20)(H,19,21). The van der Waals surface area contributed by atoms with E-state index >= 15 is 0 Å². The van der Waals surface area contributed by atoms with E-state index in [0.29, 0.717) is 12.3 Å². The molecule has 1 fully saturated rings. The van der Waals surface area contributed by atoms with Crippen molar-refractivity contribution in [3.05, 3.63) is 42.0 Å². The van der Waals surface area contributed by atoms with Crippen LogP contribution in [0, 0.1) is 5.92 Å². The number of allylic oxidation sites excluding steroid dienone is 5. The third-order valence-corrected chi connectivity index (χ3v) is 3.91. The van der Waals surface area contributed by atoms with E-state index in [0.717, 1.165) is 23.4 Å². The normalized spacial score (nSPS) is 24.3. The average Bonchev–Trinajstić information content (AvgIpc) is 3.06. The molecule has 22 heavy (non-hydrogen) atoms. The van der Waals surface area contributed by atoms with E-state index in [9.17, 15) is 4.79 Å². The second-order valence-corrected chi connectivity index (χ2v) is 5.63. The van der Waals surface area contributed by atoms with Crippen molar-refractivity contribution in [3.63, 3.8) is 0 Å². The van der Waals surface area contributed by atoms with Gasteiger partial charge in [0.25, 0.3) is 0 Å². The number of rotatable bonds is 3. The molecule has 3 heterocycles. The lowest BCUT2D eigenvalue weighted by Crippen LogP contribution is -2.23. The number of H-pyrrole nitrogens is 1. The monoisotopic (exact) mass is 300 g/mol. The number of hydrogen-bond acceptors (Lipinski definition) is 4. The predicted octanol–water partition coefficient (Wildman–Crippen LogP) is 2.18. The quantitative estimate of drug-likeness (QED) is 0.799. The highest BCUT2D eigenvalue weighted by molar-refractivity contribution is 5.96. The van der Waals surface area contributed by atoms with E-state index in [-0.39, 0.29) is 17.9 Å². The summed E-state index contributed by atoms with van der Waals surface area (Å²) in [6.45, 7) is 4.45. The van der Waals surface area contributed by atoms with E-state index in [1.54, 1.807) is 6.20 Å².